The fraction of sp³-hybridized carbons (Fsp3) is 0.200. The van der Waals surface area contributed by atoms with Gasteiger partial charge in [-0.2, -0.15) is 0 Å². The molecule has 28 heavy (non-hydrogen) atoms. The summed E-state index contributed by atoms with van der Waals surface area (Å²) in [5.41, 5.74) is 2.34. The van der Waals surface area contributed by atoms with E-state index in [1.165, 1.54) is 11.3 Å². The third-order valence-corrected chi connectivity index (χ3v) is 5.53. The molecule has 1 heterocycles. The van der Waals surface area contributed by atoms with Crippen LogP contribution in [0.1, 0.15) is 13.3 Å². The number of nitrogens with one attached hydrogen (secondary N) is 1. The molecular weight excluding hydrogens is 462 g/mol. The van der Waals surface area contributed by atoms with Gasteiger partial charge in [0.05, 0.1) is 18.5 Å². The number of urea groups is 1. The van der Waals surface area contributed by atoms with Crippen LogP contribution in [0.3, 0.4) is 0 Å². The average Bonchev–Trinajstić information content (AvgIpc) is 3.16. The van der Waals surface area contributed by atoms with E-state index in [1.54, 1.807) is 30.2 Å². The van der Waals surface area contributed by atoms with Crippen molar-refractivity contribution >= 4 is 55.7 Å². The van der Waals surface area contributed by atoms with Gasteiger partial charge in [0.2, 0.25) is 0 Å². The molecule has 1 aromatic heterocycles. The fourth-order valence-electron chi connectivity index (χ4n) is 2.64. The number of ether oxygens (including phenoxy) is 1. The smallest absolute Gasteiger partial charge is 0.328 e. The van der Waals surface area contributed by atoms with Gasteiger partial charge in [-0.1, -0.05) is 46.6 Å². The molecule has 0 aliphatic heterocycles. The SMILES string of the molecule is CCCN(C(=O)Nc1cc(Cl)ccc1OC)c1nc(-c2cccc(Br)c2)cs1. The molecule has 2 amide bonds. The Hall–Kier alpha value is -2.09. The molecule has 5 nitrogen and oxygen atoms in total. The van der Waals surface area contributed by atoms with Gasteiger partial charge in [-0.15, -0.1) is 11.3 Å². The number of nitrogens with zero attached hydrogens (tertiary/aromatic N) is 2. The van der Waals surface area contributed by atoms with Gasteiger partial charge in [0.1, 0.15) is 5.75 Å². The molecule has 0 saturated carbocycles. The zero-order valence-electron chi connectivity index (χ0n) is 15.4. The van der Waals surface area contributed by atoms with E-state index in [0.717, 1.165) is 22.2 Å². The Bertz CT molecular complexity index is 980. The first-order valence-corrected chi connectivity index (χ1v) is 10.7. The molecule has 146 valence electrons. The molecule has 2 aromatic carbocycles. The second kappa shape index (κ2) is 9.41. The Kier molecular flexibility index (Phi) is 6.93. The first-order valence-electron chi connectivity index (χ1n) is 8.65. The molecule has 0 aliphatic rings. The van der Waals surface area contributed by atoms with E-state index in [2.05, 4.69) is 26.2 Å². The van der Waals surface area contributed by atoms with Crippen molar-refractivity contribution in [1.82, 2.24) is 4.98 Å². The lowest BCUT2D eigenvalue weighted by molar-refractivity contribution is 0.256. The first-order chi connectivity index (χ1) is 13.5. The highest BCUT2D eigenvalue weighted by Gasteiger charge is 2.20. The number of rotatable bonds is 6. The summed E-state index contributed by atoms with van der Waals surface area (Å²) in [5.74, 6) is 0.545. The van der Waals surface area contributed by atoms with Gasteiger partial charge in [0.15, 0.2) is 5.13 Å². The van der Waals surface area contributed by atoms with Crippen LogP contribution in [0.25, 0.3) is 11.3 Å². The lowest BCUT2D eigenvalue weighted by Crippen LogP contribution is -2.35. The lowest BCUT2D eigenvalue weighted by Gasteiger charge is -2.20. The van der Waals surface area contributed by atoms with E-state index in [1.807, 2.05) is 36.6 Å². The number of carbonyl (C=O) groups excluding carboxylic acids is 1. The first kappa shape index (κ1) is 20.6. The largest absolute Gasteiger partial charge is 0.495 e. The second-order valence-electron chi connectivity index (χ2n) is 5.95. The summed E-state index contributed by atoms with van der Waals surface area (Å²) < 4.78 is 6.29. The highest BCUT2D eigenvalue weighted by molar-refractivity contribution is 9.10. The number of methoxy groups -OCH3 is 1. The number of carbonyl (C=O) groups is 1. The number of anilines is 2. The van der Waals surface area contributed by atoms with Crippen molar-refractivity contribution in [3.63, 3.8) is 0 Å². The number of thiazole rings is 1. The monoisotopic (exact) mass is 479 g/mol. The van der Waals surface area contributed by atoms with Gasteiger partial charge in [-0.05, 0) is 36.8 Å². The molecule has 0 bridgehead atoms. The quantitative estimate of drug-likeness (QED) is 0.428. The van der Waals surface area contributed by atoms with Gasteiger partial charge < -0.3 is 10.1 Å². The molecule has 8 heteroatoms. The van der Waals surface area contributed by atoms with Crippen LogP contribution >= 0.6 is 38.9 Å². The maximum atomic E-state index is 13.0. The molecule has 0 spiro atoms. The topological polar surface area (TPSA) is 54.5 Å². The van der Waals surface area contributed by atoms with Crippen molar-refractivity contribution in [2.24, 2.45) is 0 Å². The van der Waals surface area contributed by atoms with Crippen molar-refractivity contribution in [3.8, 4) is 17.0 Å². The van der Waals surface area contributed by atoms with E-state index >= 15 is 0 Å². The van der Waals surface area contributed by atoms with Crippen LogP contribution in [0, 0.1) is 0 Å². The highest BCUT2D eigenvalue weighted by Crippen LogP contribution is 2.31. The maximum Gasteiger partial charge on any atom is 0.328 e. The number of amides is 2. The van der Waals surface area contributed by atoms with E-state index in [9.17, 15) is 4.79 Å². The van der Waals surface area contributed by atoms with Gasteiger partial charge in [-0.25, -0.2) is 9.78 Å². The van der Waals surface area contributed by atoms with Crippen LogP contribution in [0.5, 0.6) is 5.75 Å². The van der Waals surface area contributed by atoms with E-state index in [-0.39, 0.29) is 6.03 Å². The standard InChI is InChI=1S/C20H19BrClN3O2S/c1-3-9-25(19(26)23-16-11-15(22)7-8-18(16)27-2)20-24-17(12-28-20)13-5-4-6-14(21)10-13/h4-8,10-12H,3,9H2,1-2H3,(H,23,26). The molecule has 3 rings (SSSR count). The zero-order valence-corrected chi connectivity index (χ0v) is 18.6. The summed E-state index contributed by atoms with van der Waals surface area (Å²) in [4.78, 5) is 19.3. The summed E-state index contributed by atoms with van der Waals surface area (Å²) >= 11 is 11.0. The van der Waals surface area contributed by atoms with E-state index in [4.69, 9.17) is 16.3 Å². The number of aromatic nitrogens is 1. The molecule has 0 radical (unpaired) electrons. The van der Waals surface area contributed by atoms with Gasteiger partial charge in [-0.3, -0.25) is 4.90 Å². The zero-order chi connectivity index (χ0) is 20.1. The normalized spacial score (nSPS) is 10.6. The Morgan fingerprint density at radius 1 is 1.32 bits per heavy atom. The van der Waals surface area contributed by atoms with Crippen LogP contribution in [0.15, 0.2) is 52.3 Å². The predicted octanol–water partition coefficient (Wildman–Crippen LogP) is 6.68. The minimum Gasteiger partial charge on any atom is -0.495 e. The number of hydrogen-bond acceptors (Lipinski definition) is 4. The lowest BCUT2D eigenvalue weighted by atomic mass is 10.2. The Morgan fingerprint density at radius 3 is 2.86 bits per heavy atom. The van der Waals surface area contributed by atoms with Crippen molar-refractivity contribution in [1.29, 1.82) is 0 Å². The molecular formula is C20H19BrClN3O2S. The van der Waals surface area contributed by atoms with Crippen molar-refractivity contribution in [3.05, 3.63) is 57.3 Å². The van der Waals surface area contributed by atoms with Gasteiger partial charge in [0.25, 0.3) is 0 Å². The predicted molar refractivity (Wildman–Crippen MR) is 120 cm³/mol. The minimum atomic E-state index is -0.280. The maximum absolute atomic E-state index is 13.0. The minimum absolute atomic E-state index is 0.280. The summed E-state index contributed by atoms with van der Waals surface area (Å²) in [7, 11) is 1.55. The Labute approximate surface area is 181 Å². The van der Waals surface area contributed by atoms with Crippen LogP contribution in [-0.4, -0.2) is 24.7 Å². The third kappa shape index (κ3) is 4.84. The van der Waals surface area contributed by atoms with Crippen LogP contribution in [0.2, 0.25) is 5.02 Å². The summed E-state index contributed by atoms with van der Waals surface area (Å²) in [6.07, 6.45) is 0.798. The molecule has 0 unspecified atom stereocenters. The summed E-state index contributed by atoms with van der Waals surface area (Å²) in [6.45, 7) is 2.56. The number of halogens is 2. The Balaban J connectivity index is 1.86. The van der Waals surface area contributed by atoms with Crippen LogP contribution in [-0.2, 0) is 0 Å². The molecule has 0 saturated heterocycles. The van der Waals surface area contributed by atoms with Crippen molar-refractivity contribution in [2.75, 3.05) is 23.9 Å². The van der Waals surface area contributed by atoms with E-state index < -0.39 is 0 Å². The fourth-order valence-corrected chi connectivity index (χ4v) is 4.07. The second-order valence-corrected chi connectivity index (χ2v) is 8.14. The molecule has 0 atom stereocenters. The summed E-state index contributed by atoms with van der Waals surface area (Å²) in [5, 5.41) is 5.98. The molecule has 1 N–H and O–H groups in total. The Morgan fingerprint density at radius 2 is 2.14 bits per heavy atom. The number of benzene rings is 2. The van der Waals surface area contributed by atoms with Crippen LogP contribution < -0.4 is 15.0 Å². The molecule has 3 aromatic rings. The van der Waals surface area contributed by atoms with E-state index in [0.29, 0.717) is 28.1 Å². The average molecular weight is 481 g/mol. The molecule has 0 aliphatic carbocycles. The van der Waals surface area contributed by atoms with Crippen molar-refractivity contribution in [2.45, 2.75) is 13.3 Å². The van der Waals surface area contributed by atoms with Gasteiger partial charge >= 0.3 is 6.03 Å². The van der Waals surface area contributed by atoms with Crippen LogP contribution in [0.4, 0.5) is 15.6 Å². The molecule has 0 fully saturated rings. The highest BCUT2D eigenvalue weighted by atomic mass is 79.9. The summed E-state index contributed by atoms with van der Waals surface area (Å²) in [6, 6.07) is 12.7. The number of hydrogen-bond donors (Lipinski definition) is 1. The van der Waals surface area contributed by atoms with Crippen molar-refractivity contribution < 1.29 is 9.53 Å². The third-order valence-electron chi connectivity index (χ3n) is 3.94. The van der Waals surface area contributed by atoms with Gasteiger partial charge in [0, 0.05) is 27.0 Å².